The Balaban J connectivity index is 2.69. The maximum Gasteiger partial charge on any atom is -0.000443 e. The molecule has 0 unspecified atom stereocenters. The van der Waals surface area contributed by atoms with Crippen molar-refractivity contribution in [2.24, 2.45) is 0 Å². The fourth-order valence-electron chi connectivity index (χ4n) is 0.699. The number of halogens is 2. The molecule has 0 bridgehead atoms. The first kappa shape index (κ1) is 12.8. The average Bonchev–Trinajstić information content (AvgIpc) is 2.03. The van der Waals surface area contributed by atoms with E-state index in [1.54, 1.807) is 0 Å². The highest BCUT2D eigenvalue weighted by atomic mass is 127. The van der Waals surface area contributed by atoms with Gasteiger partial charge in [-0.1, -0.05) is 45.2 Å². The first-order chi connectivity index (χ1) is 5.41. The van der Waals surface area contributed by atoms with E-state index in [1.807, 2.05) is 0 Å². The second-order valence-corrected chi connectivity index (χ2v) is 5.79. The van der Waals surface area contributed by atoms with Crippen LogP contribution in [0.25, 0.3) is 0 Å². The zero-order valence-electron chi connectivity index (χ0n) is 6.82. The predicted molar refractivity (Wildman–Crippen MR) is 73.6 cm³/mol. The molecule has 0 rings (SSSR count). The normalized spacial score (nSPS) is 10.4. The third-order valence-corrected chi connectivity index (χ3v) is 4.02. The van der Waals surface area contributed by atoms with Crippen molar-refractivity contribution < 1.29 is 0 Å². The van der Waals surface area contributed by atoms with E-state index < -0.39 is 0 Å². The molecule has 3 heteroatoms. The van der Waals surface area contributed by atoms with E-state index in [0.29, 0.717) is 0 Å². The number of alkyl halides is 2. The van der Waals surface area contributed by atoms with Crippen molar-refractivity contribution in [2.75, 3.05) is 20.4 Å². The number of hydrogen-bond donors (Lipinski definition) is 0. The standard InChI is InChI=1S/C8H16I2S/c9-5-1-3-7-11-8-4-2-6-10/h1-8H2. The lowest BCUT2D eigenvalue weighted by molar-refractivity contribution is 0.900. The monoisotopic (exact) mass is 398 g/mol. The molecular weight excluding hydrogens is 382 g/mol. The second kappa shape index (κ2) is 11.8. The van der Waals surface area contributed by atoms with E-state index in [9.17, 15) is 0 Å². The highest BCUT2D eigenvalue weighted by Gasteiger charge is 1.89. The van der Waals surface area contributed by atoms with Crippen LogP contribution in [-0.2, 0) is 0 Å². The summed E-state index contributed by atoms with van der Waals surface area (Å²) in [6.45, 7) is 0. The summed E-state index contributed by atoms with van der Waals surface area (Å²) in [5, 5.41) is 0. The van der Waals surface area contributed by atoms with Crippen molar-refractivity contribution in [3.63, 3.8) is 0 Å². The Morgan fingerprint density at radius 3 is 1.55 bits per heavy atom. The highest BCUT2D eigenvalue weighted by molar-refractivity contribution is 14.1. The van der Waals surface area contributed by atoms with E-state index in [1.165, 1.54) is 46.0 Å². The van der Waals surface area contributed by atoms with Crippen LogP contribution >= 0.6 is 56.9 Å². The van der Waals surface area contributed by atoms with Crippen molar-refractivity contribution in [3.8, 4) is 0 Å². The molecule has 0 heterocycles. The molecular formula is C8H16I2S. The van der Waals surface area contributed by atoms with Crippen LogP contribution in [0.5, 0.6) is 0 Å². The molecule has 68 valence electrons. The van der Waals surface area contributed by atoms with Crippen LogP contribution in [0.15, 0.2) is 0 Å². The molecule has 0 aromatic heterocycles. The quantitative estimate of drug-likeness (QED) is 0.337. The van der Waals surface area contributed by atoms with Crippen molar-refractivity contribution in [3.05, 3.63) is 0 Å². The van der Waals surface area contributed by atoms with Crippen LogP contribution < -0.4 is 0 Å². The Hall–Kier alpha value is 1.81. The summed E-state index contributed by atoms with van der Waals surface area (Å²) in [5.41, 5.74) is 0. The Labute approximate surface area is 102 Å². The Kier molecular flexibility index (Phi) is 13.8. The molecule has 0 spiro atoms. The maximum absolute atomic E-state index is 2.45. The molecule has 0 aliphatic rings. The van der Waals surface area contributed by atoms with E-state index in [4.69, 9.17) is 0 Å². The lowest BCUT2D eigenvalue weighted by Gasteiger charge is -1.98. The van der Waals surface area contributed by atoms with Crippen LogP contribution in [0.1, 0.15) is 25.7 Å². The Morgan fingerprint density at radius 2 is 1.18 bits per heavy atom. The lowest BCUT2D eigenvalue weighted by Crippen LogP contribution is -1.85. The first-order valence-electron chi connectivity index (χ1n) is 4.11. The van der Waals surface area contributed by atoms with Crippen molar-refractivity contribution in [2.45, 2.75) is 25.7 Å². The van der Waals surface area contributed by atoms with Crippen LogP contribution in [0.4, 0.5) is 0 Å². The van der Waals surface area contributed by atoms with Crippen LogP contribution in [0.2, 0.25) is 0 Å². The SMILES string of the molecule is ICCCCSCCCCI. The van der Waals surface area contributed by atoms with Crippen LogP contribution in [0.3, 0.4) is 0 Å². The highest BCUT2D eigenvalue weighted by Crippen LogP contribution is 2.09. The van der Waals surface area contributed by atoms with E-state index >= 15 is 0 Å². The zero-order chi connectivity index (χ0) is 8.36. The van der Waals surface area contributed by atoms with Gasteiger partial charge >= 0.3 is 0 Å². The minimum absolute atomic E-state index is 1.33. The second-order valence-electron chi connectivity index (χ2n) is 2.40. The van der Waals surface area contributed by atoms with Crippen molar-refractivity contribution in [1.29, 1.82) is 0 Å². The summed E-state index contributed by atoms with van der Waals surface area (Å²) in [6.07, 6.45) is 5.63. The summed E-state index contributed by atoms with van der Waals surface area (Å²) in [6, 6.07) is 0. The minimum atomic E-state index is 1.33. The van der Waals surface area contributed by atoms with Gasteiger partial charge in [-0.25, -0.2) is 0 Å². The number of thioether (sulfide) groups is 1. The number of hydrogen-bond acceptors (Lipinski definition) is 1. The maximum atomic E-state index is 2.45. The molecule has 0 saturated carbocycles. The van der Waals surface area contributed by atoms with Gasteiger partial charge in [0.05, 0.1) is 0 Å². The van der Waals surface area contributed by atoms with Gasteiger partial charge in [0.2, 0.25) is 0 Å². The van der Waals surface area contributed by atoms with Gasteiger partial charge in [0.1, 0.15) is 0 Å². The molecule has 11 heavy (non-hydrogen) atoms. The molecule has 0 atom stereocenters. The average molecular weight is 398 g/mol. The Bertz CT molecular complexity index is 61.1. The fourth-order valence-corrected chi connectivity index (χ4v) is 2.80. The molecule has 0 fully saturated rings. The summed E-state index contributed by atoms with van der Waals surface area (Å²) < 4.78 is 2.65. The van der Waals surface area contributed by atoms with Gasteiger partial charge in [-0.2, -0.15) is 11.8 Å². The largest absolute Gasteiger partial charge is 0.162 e. The van der Waals surface area contributed by atoms with Crippen molar-refractivity contribution in [1.82, 2.24) is 0 Å². The molecule has 0 N–H and O–H groups in total. The zero-order valence-corrected chi connectivity index (χ0v) is 12.0. The molecule has 0 saturated heterocycles. The molecule has 0 nitrogen and oxygen atoms in total. The smallest absolute Gasteiger partial charge is 0.000443 e. The summed E-state index contributed by atoms with van der Waals surface area (Å²) in [4.78, 5) is 0. The predicted octanol–water partition coefficient (Wildman–Crippen LogP) is 4.15. The van der Waals surface area contributed by atoms with Gasteiger partial charge in [-0.15, -0.1) is 0 Å². The third-order valence-electron chi connectivity index (χ3n) is 1.34. The van der Waals surface area contributed by atoms with Crippen LogP contribution in [-0.4, -0.2) is 20.4 Å². The summed E-state index contributed by atoms with van der Waals surface area (Å²) in [5.74, 6) is 2.76. The van der Waals surface area contributed by atoms with Gasteiger partial charge in [0.15, 0.2) is 0 Å². The summed E-state index contributed by atoms with van der Waals surface area (Å²) in [7, 11) is 0. The van der Waals surface area contributed by atoms with Gasteiger partial charge in [0, 0.05) is 0 Å². The fraction of sp³-hybridized carbons (Fsp3) is 1.00. The van der Waals surface area contributed by atoms with E-state index in [-0.39, 0.29) is 0 Å². The number of unbranched alkanes of at least 4 members (excludes halogenated alkanes) is 2. The lowest BCUT2D eigenvalue weighted by atomic mass is 10.4. The third kappa shape index (κ3) is 11.8. The molecule has 0 amide bonds. The topological polar surface area (TPSA) is 0 Å². The molecule has 0 radical (unpaired) electrons. The van der Waals surface area contributed by atoms with Gasteiger partial charge in [-0.3, -0.25) is 0 Å². The van der Waals surface area contributed by atoms with Crippen molar-refractivity contribution >= 4 is 56.9 Å². The van der Waals surface area contributed by atoms with Gasteiger partial charge in [-0.05, 0) is 46.0 Å². The molecule has 0 aliphatic carbocycles. The van der Waals surface area contributed by atoms with Crippen LogP contribution in [0, 0.1) is 0 Å². The summed E-state index contributed by atoms with van der Waals surface area (Å²) >= 11 is 7.03. The molecule has 0 aromatic rings. The Morgan fingerprint density at radius 1 is 0.727 bits per heavy atom. The minimum Gasteiger partial charge on any atom is -0.162 e. The first-order valence-corrected chi connectivity index (χ1v) is 8.32. The molecule has 0 aromatic carbocycles. The van der Waals surface area contributed by atoms with Gasteiger partial charge in [0.25, 0.3) is 0 Å². The van der Waals surface area contributed by atoms with E-state index in [0.717, 1.165) is 0 Å². The van der Waals surface area contributed by atoms with Gasteiger partial charge < -0.3 is 0 Å². The van der Waals surface area contributed by atoms with E-state index in [2.05, 4.69) is 56.9 Å². The number of rotatable bonds is 8. The molecule has 0 aliphatic heterocycles.